The highest BCUT2D eigenvalue weighted by Gasteiger charge is 2.05. The Bertz CT molecular complexity index is 355. The van der Waals surface area contributed by atoms with Crippen LogP contribution in [0.15, 0.2) is 22.7 Å². The van der Waals surface area contributed by atoms with Crippen molar-refractivity contribution in [3.63, 3.8) is 0 Å². The van der Waals surface area contributed by atoms with Gasteiger partial charge in [-0.3, -0.25) is 4.79 Å². The van der Waals surface area contributed by atoms with Gasteiger partial charge in [-0.15, -0.1) is 0 Å². The van der Waals surface area contributed by atoms with Crippen LogP contribution in [-0.2, 0) is 16.0 Å². The maximum absolute atomic E-state index is 11.0. The molecule has 4 heteroatoms. The van der Waals surface area contributed by atoms with Crippen molar-refractivity contribution in [2.45, 2.75) is 6.42 Å². The first-order chi connectivity index (χ1) is 7.17. The van der Waals surface area contributed by atoms with E-state index in [2.05, 4.69) is 20.7 Å². The summed E-state index contributed by atoms with van der Waals surface area (Å²) in [5.74, 6) is 0.315. The topological polar surface area (TPSA) is 35.5 Å². The summed E-state index contributed by atoms with van der Waals surface area (Å²) in [4.78, 5) is 11.0. The molecule has 1 aromatic rings. The molecule has 0 atom stereocenters. The molecule has 0 aliphatic heterocycles. The molecule has 1 rings (SSSR count). The number of esters is 1. The molecule has 0 saturated heterocycles. The van der Waals surface area contributed by atoms with Gasteiger partial charge in [0.05, 0.1) is 26.5 Å². The molecular formula is C10H11BrO3. The van der Waals surface area contributed by atoms with Crippen molar-refractivity contribution in [3.8, 4) is 5.75 Å². The molecule has 0 N–H and O–H groups in total. The Balaban J connectivity index is 2.77. The lowest BCUT2D eigenvalue weighted by Gasteiger charge is -2.05. The molecule has 0 aliphatic carbocycles. The predicted molar refractivity (Wildman–Crippen MR) is 56.4 cm³/mol. The summed E-state index contributed by atoms with van der Waals surface area (Å²) in [5.41, 5.74) is 0.839. The molecule has 0 heterocycles. The third-order valence-corrected chi connectivity index (χ3v) is 2.35. The minimum absolute atomic E-state index is 0.130. The van der Waals surface area contributed by atoms with Crippen LogP contribution in [0.1, 0.15) is 6.93 Å². The highest BCUT2D eigenvalue weighted by molar-refractivity contribution is 9.10. The Morgan fingerprint density at radius 3 is 3.00 bits per heavy atom. The van der Waals surface area contributed by atoms with Gasteiger partial charge in [-0.05, 0) is 33.6 Å². The van der Waals surface area contributed by atoms with Crippen molar-refractivity contribution in [1.82, 2.24) is 0 Å². The second-order valence-corrected chi connectivity index (χ2v) is 3.52. The largest absolute Gasteiger partial charge is 0.496 e. The normalized spacial score (nSPS) is 10.6. The van der Waals surface area contributed by atoms with Gasteiger partial charge in [0.1, 0.15) is 5.75 Å². The van der Waals surface area contributed by atoms with E-state index in [1.807, 2.05) is 0 Å². The lowest BCUT2D eigenvalue weighted by molar-refractivity contribution is -0.139. The Morgan fingerprint density at radius 2 is 2.43 bits per heavy atom. The summed E-state index contributed by atoms with van der Waals surface area (Å²) in [7, 11) is 1.23. The van der Waals surface area contributed by atoms with Crippen LogP contribution in [0, 0.1) is 0 Å². The molecule has 1 aromatic carbocycles. The zero-order valence-corrected chi connectivity index (χ0v) is 9.33. The van der Waals surface area contributed by atoms with Gasteiger partial charge in [0.25, 0.3) is 0 Å². The van der Waals surface area contributed by atoms with Crippen LogP contribution in [-0.4, -0.2) is 20.2 Å². The quantitative estimate of drug-likeness (QED) is 0.781. The van der Waals surface area contributed by atoms with Crippen molar-refractivity contribution in [2.24, 2.45) is 0 Å². The molecule has 76 valence electrons. The smallest absolute Gasteiger partial charge is 0.309 e. The van der Waals surface area contributed by atoms with E-state index < -0.39 is 0 Å². The molecule has 14 heavy (non-hydrogen) atoms. The van der Waals surface area contributed by atoms with Gasteiger partial charge in [-0.2, -0.15) is 0 Å². The summed E-state index contributed by atoms with van der Waals surface area (Å²) < 4.78 is 17.2. The van der Waals surface area contributed by atoms with E-state index in [0.29, 0.717) is 5.75 Å². The number of halogens is 1. The molecule has 0 amide bonds. The number of hydrogen-bond donors (Lipinski definition) is 0. The lowest BCUT2D eigenvalue weighted by Crippen LogP contribution is -2.04. The van der Waals surface area contributed by atoms with Crippen LogP contribution in [0.25, 0.3) is 0 Å². The fourth-order valence-electron chi connectivity index (χ4n) is 1.01. The molecule has 0 unspecified atom stereocenters. The maximum atomic E-state index is 11.0. The monoisotopic (exact) mass is 259 g/mol. The van der Waals surface area contributed by atoms with Gasteiger partial charge < -0.3 is 9.47 Å². The molecule has 0 saturated carbocycles. The van der Waals surface area contributed by atoms with E-state index >= 15 is 0 Å². The van der Waals surface area contributed by atoms with Gasteiger partial charge in [-0.25, -0.2) is 0 Å². The zero-order chi connectivity index (χ0) is 11.3. The number of rotatable bonds is 3. The summed E-state index contributed by atoms with van der Waals surface area (Å²) >= 11 is 3.30. The highest BCUT2D eigenvalue weighted by atomic mass is 79.9. The van der Waals surface area contributed by atoms with Crippen LogP contribution in [0.4, 0.5) is 0 Å². The number of carbonyl (C=O) groups excluding carboxylic acids is 1. The molecule has 3 nitrogen and oxygen atoms in total. The average Bonchev–Trinajstić information content (AvgIpc) is 2.22. The Labute approximate surface area is 92.6 Å². The molecule has 0 spiro atoms. The second-order valence-electron chi connectivity index (χ2n) is 2.66. The molecule has 0 bridgehead atoms. The van der Waals surface area contributed by atoms with Crippen molar-refractivity contribution < 1.29 is 15.6 Å². The van der Waals surface area contributed by atoms with Gasteiger partial charge in [-0.1, -0.05) is 6.07 Å². The average molecular weight is 260 g/mol. The summed E-state index contributed by atoms with van der Waals surface area (Å²) in [5, 5.41) is 0. The van der Waals surface area contributed by atoms with Crippen LogP contribution < -0.4 is 4.74 Å². The van der Waals surface area contributed by atoms with Crippen molar-refractivity contribution in [1.29, 1.82) is 0 Å². The summed E-state index contributed by atoms with van der Waals surface area (Å²) in [6.45, 7) is 0. The van der Waals surface area contributed by atoms with E-state index in [1.165, 1.54) is 7.11 Å². The van der Waals surface area contributed by atoms with Gasteiger partial charge in [0.2, 0.25) is 0 Å². The van der Waals surface area contributed by atoms with Gasteiger partial charge in [0.15, 0.2) is 0 Å². The van der Waals surface area contributed by atoms with Crippen molar-refractivity contribution in [3.05, 3.63) is 28.2 Å². The standard InChI is InChI=1S/C10H11BrO3/c1-13-9-4-3-7(5-8(9)11)6-10(12)14-2/h3-5H,6H2,1-2H3/i1D. The van der Waals surface area contributed by atoms with Crippen LogP contribution in [0.5, 0.6) is 5.75 Å². The van der Waals surface area contributed by atoms with Crippen molar-refractivity contribution in [2.75, 3.05) is 14.2 Å². The number of methoxy groups -OCH3 is 2. The highest BCUT2D eigenvalue weighted by Crippen LogP contribution is 2.25. The van der Waals surface area contributed by atoms with E-state index in [0.717, 1.165) is 10.0 Å². The Hall–Kier alpha value is -1.03. The second kappa shape index (κ2) is 5.00. The molecule has 0 aromatic heterocycles. The summed E-state index contributed by atoms with van der Waals surface area (Å²) in [6, 6.07) is 5.27. The Kier molecular flexibility index (Phi) is 3.40. The fourth-order valence-corrected chi connectivity index (χ4v) is 1.55. The number of benzene rings is 1. The number of carbonyl (C=O) groups is 1. The molecular weight excluding hydrogens is 248 g/mol. The lowest BCUT2D eigenvalue weighted by atomic mass is 10.1. The predicted octanol–water partition coefficient (Wildman–Crippen LogP) is 2.17. The van der Waals surface area contributed by atoms with Crippen molar-refractivity contribution >= 4 is 21.9 Å². The first kappa shape index (κ1) is 9.52. The van der Waals surface area contributed by atoms with E-state index in [4.69, 9.17) is 6.11 Å². The molecule has 0 fully saturated rings. The molecule has 0 radical (unpaired) electrons. The van der Waals surface area contributed by atoms with E-state index in [-0.39, 0.29) is 19.5 Å². The SMILES string of the molecule is [2H]COc1ccc(CC(=O)OC)cc1Br. The Morgan fingerprint density at radius 1 is 1.64 bits per heavy atom. The van der Waals surface area contributed by atoms with Gasteiger partial charge in [0, 0.05) is 0 Å². The minimum atomic E-state index is -0.281. The first-order valence-electron chi connectivity index (χ1n) is 4.65. The first-order valence-corrected chi connectivity index (χ1v) is 4.74. The maximum Gasteiger partial charge on any atom is 0.309 e. The zero-order valence-electron chi connectivity index (χ0n) is 8.75. The minimum Gasteiger partial charge on any atom is -0.496 e. The number of ether oxygens (including phenoxy) is 2. The van der Waals surface area contributed by atoms with E-state index in [1.54, 1.807) is 18.2 Å². The number of hydrogen-bond acceptors (Lipinski definition) is 3. The fraction of sp³-hybridized carbons (Fsp3) is 0.300. The summed E-state index contributed by atoms with van der Waals surface area (Å²) in [6.07, 6.45) is 0.232. The third kappa shape index (κ3) is 2.73. The van der Waals surface area contributed by atoms with E-state index in [9.17, 15) is 4.79 Å². The van der Waals surface area contributed by atoms with Crippen LogP contribution in [0.2, 0.25) is 0 Å². The molecule has 0 aliphatic rings. The van der Waals surface area contributed by atoms with Gasteiger partial charge >= 0.3 is 5.97 Å². The third-order valence-electron chi connectivity index (χ3n) is 1.73. The van der Waals surface area contributed by atoms with Crippen LogP contribution >= 0.6 is 15.9 Å². The van der Waals surface area contributed by atoms with Crippen LogP contribution in [0.3, 0.4) is 0 Å².